The molecule has 2 heterocycles. The number of thiazole rings is 1. The highest BCUT2D eigenvalue weighted by Gasteiger charge is 2.26. The van der Waals surface area contributed by atoms with E-state index in [4.69, 9.17) is 4.74 Å². The zero-order valence-electron chi connectivity index (χ0n) is 12.5. The highest BCUT2D eigenvalue weighted by atomic mass is 32.1. The van der Waals surface area contributed by atoms with Crippen molar-refractivity contribution < 1.29 is 9.53 Å². The smallest absolute Gasteiger partial charge is 0.253 e. The van der Waals surface area contributed by atoms with Crippen LogP contribution in [0, 0.1) is 0 Å². The van der Waals surface area contributed by atoms with E-state index in [1.807, 2.05) is 29.8 Å². The maximum absolute atomic E-state index is 12.3. The molecule has 3 rings (SSSR count). The van der Waals surface area contributed by atoms with Crippen LogP contribution in [-0.4, -0.2) is 24.0 Å². The van der Waals surface area contributed by atoms with Gasteiger partial charge < -0.3 is 10.1 Å². The molecule has 1 atom stereocenters. The van der Waals surface area contributed by atoms with Gasteiger partial charge in [0.1, 0.15) is 0 Å². The number of fused-ring (bicyclic) bond motifs is 1. The third-order valence-electron chi connectivity index (χ3n) is 3.83. The van der Waals surface area contributed by atoms with E-state index in [-0.39, 0.29) is 5.91 Å². The monoisotopic (exact) mass is 316 g/mol. The summed E-state index contributed by atoms with van der Waals surface area (Å²) in [5, 5.41) is 6.15. The third-order valence-corrected chi connectivity index (χ3v) is 4.67. The number of carbonyl (C=O) groups excluding carboxylic acids is 1. The van der Waals surface area contributed by atoms with Crippen LogP contribution in [0.2, 0.25) is 0 Å². The molecule has 1 amide bonds. The van der Waals surface area contributed by atoms with Crippen molar-refractivity contribution in [2.45, 2.75) is 31.8 Å². The number of amides is 1. The molecule has 116 valence electrons. The summed E-state index contributed by atoms with van der Waals surface area (Å²) in [5.74, 6) is -0.0265. The number of nitrogens with zero attached hydrogens (tertiary/aromatic N) is 1. The maximum Gasteiger partial charge on any atom is 0.253 e. The Balaban J connectivity index is 1.44. The number of hydrogen-bond acceptors (Lipinski definition) is 4. The number of ether oxygens (including phenoxy) is 1. The van der Waals surface area contributed by atoms with Crippen molar-refractivity contribution in [3.8, 4) is 0 Å². The largest absolute Gasteiger partial charge is 0.363 e. The second-order valence-electron chi connectivity index (χ2n) is 5.37. The van der Waals surface area contributed by atoms with E-state index in [1.54, 1.807) is 11.3 Å². The molecule has 0 spiro atoms. The summed E-state index contributed by atoms with van der Waals surface area (Å²) in [6, 6.07) is 8.03. The first-order chi connectivity index (χ1) is 10.8. The van der Waals surface area contributed by atoms with E-state index < -0.39 is 6.10 Å². The lowest BCUT2D eigenvalue weighted by molar-refractivity contribution is -0.134. The average molecular weight is 316 g/mol. The Morgan fingerprint density at radius 3 is 3.14 bits per heavy atom. The third kappa shape index (κ3) is 3.72. The summed E-state index contributed by atoms with van der Waals surface area (Å²) < 4.78 is 5.66. The van der Waals surface area contributed by atoms with Crippen LogP contribution in [-0.2, 0) is 22.4 Å². The number of hydrogen-bond donors (Lipinski definition) is 1. The van der Waals surface area contributed by atoms with Gasteiger partial charge in [-0.25, -0.2) is 4.98 Å². The lowest BCUT2D eigenvalue weighted by Gasteiger charge is -2.25. The van der Waals surface area contributed by atoms with Gasteiger partial charge in [-0.3, -0.25) is 4.79 Å². The van der Waals surface area contributed by atoms with Crippen molar-refractivity contribution >= 4 is 17.2 Å². The van der Waals surface area contributed by atoms with Crippen LogP contribution in [0.1, 0.15) is 35.1 Å². The fourth-order valence-corrected chi connectivity index (χ4v) is 3.36. The van der Waals surface area contributed by atoms with Gasteiger partial charge in [0.05, 0.1) is 11.6 Å². The lowest BCUT2D eigenvalue weighted by Crippen LogP contribution is -2.34. The molecule has 22 heavy (non-hydrogen) atoms. The van der Waals surface area contributed by atoms with Gasteiger partial charge in [-0.2, -0.15) is 0 Å². The fraction of sp³-hybridized carbons (Fsp3) is 0.412. The van der Waals surface area contributed by atoms with Crippen LogP contribution < -0.4 is 5.32 Å². The first-order valence-corrected chi connectivity index (χ1v) is 8.58. The molecule has 0 radical (unpaired) electrons. The predicted molar refractivity (Wildman–Crippen MR) is 86.9 cm³/mol. The molecule has 0 fully saturated rings. The summed E-state index contributed by atoms with van der Waals surface area (Å²) in [6.07, 6.45) is 5.24. The normalized spacial score (nSPS) is 17.0. The molecule has 1 aromatic heterocycles. The minimum absolute atomic E-state index is 0.0265. The molecular formula is C17H20N2O2S. The summed E-state index contributed by atoms with van der Waals surface area (Å²) >= 11 is 1.68. The highest BCUT2D eigenvalue weighted by Crippen LogP contribution is 2.26. The van der Waals surface area contributed by atoms with Gasteiger partial charge in [0.15, 0.2) is 6.10 Å². The van der Waals surface area contributed by atoms with Crippen molar-refractivity contribution in [3.63, 3.8) is 0 Å². The second kappa shape index (κ2) is 7.51. The van der Waals surface area contributed by atoms with Crippen molar-refractivity contribution in [3.05, 3.63) is 52.0 Å². The minimum Gasteiger partial charge on any atom is -0.363 e. The van der Waals surface area contributed by atoms with Gasteiger partial charge in [0.25, 0.3) is 5.91 Å². The van der Waals surface area contributed by atoms with Crippen LogP contribution in [0.3, 0.4) is 0 Å². The van der Waals surface area contributed by atoms with Gasteiger partial charge in [-0.1, -0.05) is 24.3 Å². The van der Waals surface area contributed by atoms with Crippen molar-refractivity contribution in [2.24, 2.45) is 0 Å². The highest BCUT2D eigenvalue weighted by molar-refractivity contribution is 7.09. The van der Waals surface area contributed by atoms with Gasteiger partial charge in [-0.15, -0.1) is 11.3 Å². The van der Waals surface area contributed by atoms with E-state index in [2.05, 4.69) is 16.4 Å². The molecule has 0 unspecified atom stereocenters. The van der Waals surface area contributed by atoms with E-state index in [0.717, 1.165) is 36.3 Å². The van der Waals surface area contributed by atoms with Gasteiger partial charge in [-0.05, 0) is 36.8 Å². The van der Waals surface area contributed by atoms with E-state index in [1.165, 1.54) is 5.56 Å². The average Bonchev–Trinajstić information content (AvgIpc) is 3.07. The molecular weight excluding hydrogens is 296 g/mol. The Labute approximate surface area is 134 Å². The Kier molecular flexibility index (Phi) is 5.19. The van der Waals surface area contributed by atoms with Crippen molar-refractivity contribution in [1.82, 2.24) is 10.3 Å². The molecule has 0 bridgehead atoms. The predicted octanol–water partition coefficient (Wildman–Crippen LogP) is 2.90. The second-order valence-corrected chi connectivity index (χ2v) is 6.35. The van der Waals surface area contributed by atoms with Crippen LogP contribution in [0.25, 0.3) is 0 Å². The molecule has 0 saturated carbocycles. The Bertz CT molecular complexity index is 613. The number of rotatable bonds is 6. The first kappa shape index (κ1) is 15.2. The standard InChI is InChI=1S/C17H20N2O2S/c20-17(19-9-4-3-7-15-18-10-12-22-15)16-14-6-2-1-5-13(14)8-11-21-16/h1-2,5-6,10,12,16H,3-4,7-9,11H2,(H,19,20)/t16-/m0/s1. The SMILES string of the molecule is O=C(NCCCCc1nccs1)[C@H]1OCCc2ccccc21. The molecule has 1 aromatic carbocycles. The topological polar surface area (TPSA) is 51.2 Å². The summed E-state index contributed by atoms with van der Waals surface area (Å²) in [7, 11) is 0. The summed E-state index contributed by atoms with van der Waals surface area (Å²) in [4.78, 5) is 16.6. The number of nitrogens with one attached hydrogen (secondary N) is 1. The zero-order chi connectivity index (χ0) is 15.2. The Morgan fingerprint density at radius 1 is 1.36 bits per heavy atom. The van der Waals surface area contributed by atoms with E-state index in [0.29, 0.717) is 13.2 Å². The van der Waals surface area contributed by atoms with E-state index >= 15 is 0 Å². The van der Waals surface area contributed by atoms with Crippen molar-refractivity contribution in [1.29, 1.82) is 0 Å². The fourth-order valence-electron chi connectivity index (χ4n) is 2.69. The van der Waals surface area contributed by atoms with Gasteiger partial charge >= 0.3 is 0 Å². The number of carbonyl (C=O) groups is 1. The molecule has 0 saturated heterocycles. The van der Waals surface area contributed by atoms with Crippen molar-refractivity contribution in [2.75, 3.05) is 13.2 Å². The Morgan fingerprint density at radius 2 is 2.27 bits per heavy atom. The lowest BCUT2D eigenvalue weighted by atomic mass is 9.97. The van der Waals surface area contributed by atoms with Gasteiger partial charge in [0, 0.05) is 18.1 Å². The summed E-state index contributed by atoms with van der Waals surface area (Å²) in [6.45, 7) is 1.30. The number of aromatic nitrogens is 1. The van der Waals surface area contributed by atoms with E-state index in [9.17, 15) is 4.79 Å². The molecule has 5 heteroatoms. The summed E-state index contributed by atoms with van der Waals surface area (Å²) in [5.41, 5.74) is 2.23. The molecule has 2 aromatic rings. The maximum atomic E-state index is 12.3. The first-order valence-electron chi connectivity index (χ1n) is 7.70. The molecule has 1 aliphatic rings. The number of unbranched alkanes of at least 4 members (excludes halogenated alkanes) is 1. The molecule has 0 aliphatic carbocycles. The Hall–Kier alpha value is -1.72. The van der Waals surface area contributed by atoms with Crippen LogP contribution in [0.5, 0.6) is 0 Å². The molecule has 1 aliphatic heterocycles. The molecule has 1 N–H and O–H groups in total. The minimum atomic E-state index is -0.455. The zero-order valence-corrected chi connectivity index (χ0v) is 13.3. The van der Waals surface area contributed by atoms with Crippen LogP contribution in [0.15, 0.2) is 35.8 Å². The van der Waals surface area contributed by atoms with Gasteiger partial charge in [0.2, 0.25) is 0 Å². The number of benzene rings is 1. The number of aryl methyl sites for hydroxylation is 1. The molecule has 4 nitrogen and oxygen atoms in total. The van der Waals surface area contributed by atoms with Crippen LogP contribution >= 0.6 is 11.3 Å². The quantitative estimate of drug-likeness (QED) is 0.834. The van der Waals surface area contributed by atoms with Crippen LogP contribution in [0.4, 0.5) is 0 Å².